The summed E-state index contributed by atoms with van der Waals surface area (Å²) >= 11 is 0. The number of hydrogen-bond acceptors (Lipinski definition) is 4. The Morgan fingerprint density at radius 3 is 2.09 bits per heavy atom. The minimum atomic E-state index is -0.864. The Hall–Kier alpha value is -2.57. The van der Waals surface area contributed by atoms with E-state index in [2.05, 4.69) is 17.6 Å². The third-order valence-corrected chi connectivity index (χ3v) is 5.40. The summed E-state index contributed by atoms with van der Waals surface area (Å²) in [5, 5.41) is 5.68. The first-order valence-corrected chi connectivity index (χ1v) is 11.9. The number of hydrogen-bond donors (Lipinski definition) is 2. The molecule has 0 radical (unpaired) electrons. The molecule has 186 valence electrons. The van der Waals surface area contributed by atoms with Crippen LogP contribution in [-0.2, 0) is 14.3 Å². The van der Waals surface area contributed by atoms with Gasteiger partial charge in [-0.1, -0.05) is 31.5 Å². The Labute approximate surface area is 199 Å². The van der Waals surface area contributed by atoms with Crippen LogP contribution in [0.1, 0.15) is 91.0 Å². The predicted octanol–water partition coefficient (Wildman–Crippen LogP) is 4.80. The van der Waals surface area contributed by atoms with E-state index in [1.54, 1.807) is 32.6 Å². The maximum atomic E-state index is 13.5. The lowest BCUT2D eigenvalue weighted by Crippen LogP contribution is -2.54. The summed E-state index contributed by atoms with van der Waals surface area (Å²) in [4.78, 5) is 40.8. The van der Waals surface area contributed by atoms with Crippen LogP contribution in [0, 0.1) is 13.8 Å². The molecule has 0 bridgehead atoms. The second-order valence-electron chi connectivity index (χ2n) is 10.2. The average Bonchev–Trinajstić information content (AvgIpc) is 2.65. The molecule has 7 nitrogen and oxygen atoms in total. The van der Waals surface area contributed by atoms with Crippen LogP contribution in [0.4, 0.5) is 4.79 Å². The molecule has 0 heterocycles. The fraction of sp³-hybridized carbons (Fsp3) is 0.654. The normalized spacial score (nSPS) is 14.3. The van der Waals surface area contributed by atoms with Crippen molar-refractivity contribution in [2.75, 3.05) is 0 Å². The summed E-state index contributed by atoms with van der Waals surface area (Å²) < 4.78 is 5.30. The summed E-state index contributed by atoms with van der Waals surface area (Å²) in [6.45, 7) is 18.7. The molecule has 0 aliphatic heterocycles. The van der Waals surface area contributed by atoms with Gasteiger partial charge in [0.1, 0.15) is 17.7 Å². The third-order valence-electron chi connectivity index (χ3n) is 5.40. The Morgan fingerprint density at radius 2 is 1.61 bits per heavy atom. The molecule has 0 saturated carbocycles. The Kier molecular flexibility index (Phi) is 10.4. The number of carbonyl (C=O) groups excluding carboxylic acids is 3. The molecular formula is C26H43N3O4. The van der Waals surface area contributed by atoms with Gasteiger partial charge in [-0.3, -0.25) is 9.59 Å². The molecule has 33 heavy (non-hydrogen) atoms. The van der Waals surface area contributed by atoms with E-state index in [4.69, 9.17) is 4.74 Å². The van der Waals surface area contributed by atoms with E-state index >= 15 is 0 Å². The fourth-order valence-electron chi connectivity index (χ4n) is 3.65. The standard InChI is InChI=1S/C26H43N3O4/c1-11-12-19(6)27-23(30)22(21-14-13-17(4)18(5)15-21)29(16(2)3)24(31)20(7)28-25(32)33-26(8,9)10/h13-16,19-20,22H,11-12H2,1-10H3,(H,27,30)(H,28,32). The number of alkyl carbamates (subject to hydrolysis) is 1. The largest absolute Gasteiger partial charge is 0.444 e. The van der Waals surface area contributed by atoms with Gasteiger partial charge in [-0.15, -0.1) is 0 Å². The number of carbonyl (C=O) groups is 3. The molecule has 1 aromatic rings. The minimum Gasteiger partial charge on any atom is -0.444 e. The highest BCUT2D eigenvalue weighted by Crippen LogP contribution is 2.27. The highest BCUT2D eigenvalue weighted by Gasteiger charge is 2.36. The van der Waals surface area contributed by atoms with E-state index in [1.165, 1.54) is 0 Å². The zero-order valence-electron chi connectivity index (χ0n) is 22.0. The molecule has 3 unspecified atom stereocenters. The second kappa shape index (κ2) is 12.1. The van der Waals surface area contributed by atoms with Gasteiger partial charge < -0.3 is 20.3 Å². The summed E-state index contributed by atoms with van der Waals surface area (Å²) in [6, 6.07) is 3.84. The van der Waals surface area contributed by atoms with Crippen LogP contribution in [0.2, 0.25) is 0 Å². The van der Waals surface area contributed by atoms with E-state index in [0.29, 0.717) is 0 Å². The maximum Gasteiger partial charge on any atom is 0.408 e. The first-order chi connectivity index (χ1) is 15.2. The smallest absolute Gasteiger partial charge is 0.408 e. The molecular weight excluding hydrogens is 418 g/mol. The van der Waals surface area contributed by atoms with E-state index in [9.17, 15) is 14.4 Å². The van der Waals surface area contributed by atoms with Crippen LogP contribution in [0.15, 0.2) is 18.2 Å². The summed E-state index contributed by atoms with van der Waals surface area (Å²) in [5.74, 6) is -0.580. The Balaban J connectivity index is 3.33. The van der Waals surface area contributed by atoms with Crippen molar-refractivity contribution in [2.45, 2.75) is 112 Å². The molecule has 2 N–H and O–H groups in total. The molecule has 7 heteroatoms. The Morgan fingerprint density at radius 1 is 1.00 bits per heavy atom. The molecule has 3 amide bonds. The highest BCUT2D eigenvalue weighted by atomic mass is 16.6. The molecule has 0 fully saturated rings. The molecule has 0 aliphatic carbocycles. The zero-order valence-corrected chi connectivity index (χ0v) is 22.0. The topological polar surface area (TPSA) is 87.7 Å². The lowest BCUT2D eigenvalue weighted by atomic mass is 9.97. The zero-order chi connectivity index (χ0) is 25.5. The summed E-state index contributed by atoms with van der Waals surface area (Å²) in [5.41, 5.74) is 2.22. The molecule has 0 aliphatic rings. The van der Waals surface area contributed by atoms with Gasteiger partial charge in [0.2, 0.25) is 11.8 Å². The minimum absolute atomic E-state index is 0.0158. The van der Waals surface area contributed by atoms with Crippen molar-refractivity contribution in [3.63, 3.8) is 0 Å². The van der Waals surface area contributed by atoms with Crippen molar-refractivity contribution in [1.82, 2.24) is 15.5 Å². The van der Waals surface area contributed by atoms with Gasteiger partial charge in [0, 0.05) is 12.1 Å². The molecule has 0 saturated heterocycles. The molecule has 1 rings (SSSR count). The van der Waals surface area contributed by atoms with Crippen molar-refractivity contribution in [3.05, 3.63) is 34.9 Å². The SMILES string of the molecule is CCCC(C)NC(=O)C(c1ccc(C)c(C)c1)N(C(=O)C(C)NC(=O)OC(C)(C)C)C(C)C. The number of rotatable bonds is 9. The highest BCUT2D eigenvalue weighted by molar-refractivity contribution is 5.92. The van der Waals surface area contributed by atoms with Crippen molar-refractivity contribution >= 4 is 17.9 Å². The van der Waals surface area contributed by atoms with Crippen molar-refractivity contribution in [3.8, 4) is 0 Å². The van der Waals surface area contributed by atoms with Crippen LogP contribution in [0.5, 0.6) is 0 Å². The van der Waals surface area contributed by atoms with Gasteiger partial charge >= 0.3 is 6.09 Å². The first kappa shape index (κ1) is 28.5. The fourth-order valence-corrected chi connectivity index (χ4v) is 3.65. The third kappa shape index (κ3) is 8.71. The van der Waals surface area contributed by atoms with E-state index in [-0.39, 0.29) is 23.9 Å². The summed E-state index contributed by atoms with van der Waals surface area (Å²) in [6.07, 6.45) is 1.12. The number of amides is 3. The molecule has 1 aromatic carbocycles. The predicted molar refractivity (Wildman–Crippen MR) is 132 cm³/mol. The maximum absolute atomic E-state index is 13.5. The van der Waals surface area contributed by atoms with Crippen LogP contribution in [-0.4, -0.2) is 46.5 Å². The molecule has 0 spiro atoms. The van der Waals surface area contributed by atoms with E-state index in [0.717, 1.165) is 29.5 Å². The van der Waals surface area contributed by atoms with Gasteiger partial charge in [-0.05, 0) is 85.4 Å². The number of ether oxygens (including phenoxy) is 1. The number of nitrogens with one attached hydrogen (secondary N) is 2. The van der Waals surface area contributed by atoms with Crippen molar-refractivity contribution < 1.29 is 19.1 Å². The van der Waals surface area contributed by atoms with Gasteiger partial charge in [-0.2, -0.15) is 0 Å². The number of aryl methyl sites for hydroxylation is 2. The van der Waals surface area contributed by atoms with E-state index < -0.39 is 23.8 Å². The number of benzene rings is 1. The van der Waals surface area contributed by atoms with Crippen LogP contribution in [0.3, 0.4) is 0 Å². The lowest BCUT2D eigenvalue weighted by molar-refractivity contribution is -0.144. The van der Waals surface area contributed by atoms with Crippen LogP contribution >= 0.6 is 0 Å². The van der Waals surface area contributed by atoms with Crippen molar-refractivity contribution in [1.29, 1.82) is 0 Å². The van der Waals surface area contributed by atoms with Gasteiger partial charge in [-0.25, -0.2) is 4.79 Å². The van der Waals surface area contributed by atoms with Gasteiger partial charge in [0.25, 0.3) is 0 Å². The van der Waals surface area contributed by atoms with Gasteiger partial charge in [0.15, 0.2) is 0 Å². The van der Waals surface area contributed by atoms with Crippen LogP contribution in [0.25, 0.3) is 0 Å². The Bertz CT molecular complexity index is 829. The average molecular weight is 462 g/mol. The second-order valence-corrected chi connectivity index (χ2v) is 10.2. The van der Waals surface area contributed by atoms with E-state index in [1.807, 2.05) is 52.8 Å². The quantitative estimate of drug-likeness (QED) is 0.553. The molecule has 3 atom stereocenters. The lowest BCUT2D eigenvalue weighted by Gasteiger charge is -2.37. The first-order valence-electron chi connectivity index (χ1n) is 11.9. The monoisotopic (exact) mass is 461 g/mol. The molecule has 0 aromatic heterocycles. The van der Waals surface area contributed by atoms with Crippen LogP contribution < -0.4 is 10.6 Å². The van der Waals surface area contributed by atoms with Crippen molar-refractivity contribution in [2.24, 2.45) is 0 Å². The number of nitrogens with zero attached hydrogens (tertiary/aromatic N) is 1. The van der Waals surface area contributed by atoms with Gasteiger partial charge in [0.05, 0.1) is 0 Å². The summed E-state index contributed by atoms with van der Waals surface area (Å²) in [7, 11) is 0.